The lowest BCUT2D eigenvalue weighted by atomic mass is 10.1. The Morgan fingerprint density at radius 3 is 0.922 bits per heavy atom. The van der Waals surface area contributed by atoms with Crippen molar-refractivity contribution in [3.63, 3.8) is 0 Å². The molecule has 71 heteroatoms. The average Bonchev–Trinajstić information content (AvgIpc) is 1.66. The van der Waals surface area contributed by atoms with Gasteiger partial charge in [0.15, 0.2) is 71.5 Å². The van der Waals surface area contributed by atoms with E-state index in [1.165, 1.54) is 0 Å². The fourth-order valence-electron chi connectivity index (χ4n) is 14.2. The molecule has 698 valence electrons. The molecule has 29 atom stereocenters. The first-order valence-corrected chi connectivity index (χ1v) is 45.5. The number of imidazole rings is 3. The van der Waals surface area contributed by atoms with Crippen molar-refractivity contribution in [2.24, 2.45) is 0 Å². The van der Waals surface area contributed by atoms with Gasteiger partial charge in [-0.1, -0.05) is 0 Å². The van der Waals surface area contributed by atoms with Gasteiger partial charge in [0.2, 0.25) is 5.95 Å². The number of anilines is 6. The van der Waals surface area contributed by atoms with Crippen molar-refractivity contribution in [2.45, 2.75) is 147 Å². The fraction of sp³-hybridized carbons (Fsp3) is 0.526. The van der Waals surface area contributed by atoms with Crippen LogP contribution in [0.25, 0.3) is 33.5 Å². The lowest BCUT2D eigenvalue weighted by molar-refractivity contribution is -0.0658. The van der Waals surface area contributed by atoms with Crippen molar-refractivity contribution < 1.29 is 176 Å². The molecule has 9 aromatic rings. The average molecular weight is 1940 g/mol. The molecular weight excluding hydrogens is 1860 g/mol. The van der Waals surface area contributed by atoms with Gasteiger partial charge in [-0.2, -0.15) is 19.9 Å². The van der Waals surface area contributed by atoms with Crippen molar-refractivity contribution in [3.8, 4) is 0 Å². The summed E-state index contributed by atoms with van der Waals surface area (Å²) in [7, 11) is -34.9. The number of rotatable bonds is 34. The number of hydrogen-bond acceptors (Lipinski definition) is 51. The maximum atomic E-state index is 14.5. The maximum absolute atomic E-state index is 14.5. The van der Waals surface area contributed by atoms with Gasteiger partial charge in [-0.05, 0) is 18.2 Å². The monoisotopic (exact) mass is 1940 g/mol. The second kappa shape index (κ2) is 36.3. The number of H-pyrrole nitrogens is 1. The molecule has 0 spiro atoms. The van der Waals surface area contributed by atoms with Crippen LogP contribution in [-0.4, -0.2) is 307 Å². The number of aliphatic hydroxyl groups excluding tert-OH is 7. The standard InChI is InChI=1S/C57H74N24O41P6/c58-24-1-4-76(55(90)71-24)49-32(84)37(19(113-49)8-106-123(93,94)95)118-125(98,99)110-11-22-40(35(87)52(116-22)80-16-69-28-43(62)65-14-67-45(28)80)121-127(102,103)108-10-21-39(34(86)51(115-21)78-6-3-26(60)73-57(78)92)120-126(100,101)111-12-23-41(36(88)53(117-23)81-17-70-29-46(81)74-54(63)75-47(29)89)122-128(104,105)109-9-20-38(33(85)50(114-20)77-5-2-25(59)72-56(77)91)119-124(96,97)107-7-18-30(82)31(83)48(112-18)79-15-68-27-42(61)64-13-66-44(27)79/h1-6,13-23,30-41,48-53,82-88H,7-12H2,(H,96,97)(H,98,99)(H,100,101)(H,102,103)(H,104,105)(H2,58,71,90)(H2,59,72,91)(H2,60,73,92)(H2,61,64,66)(H2,62,65,67)(H2,93,94,95)(H3,63,74,75,89)/t18-,19-,20-,21-,22-,23-,30-,31-,32-,33-,34-,35-,36-,37-,38-,39-,40-,41-,48-,49-,50-,51-,52-,53-/m1/s1. The lowest BCUT2D eigenvalue weighted by Gasteiger charge is -2.27. The second-order valence-electron chi connectivity index (χ2n) is 28.4. The summed E-state index contributed by atoms with van der Waals surface area (Å²) in [6.07, 6.45) is -42.8. The zero-order valence-corrected chi connectivity index (χ0v) is 69.4. The number of nitrogens with one attached hydrogen (secondary N) is 1. The van der Waals surface area contributed by atoms with E-state index in [9.17, 15) is 117 Å². The number of nitrogen functional groups attached to an aromatic ring is 6. The van der Waals surface area contributed by atoms with Crippen LogP contribution < -0.4 is 57.0 Å². The molecule has 6 aliphatic heterocycles. The van der Waals surface area contributed by atoms with Crippen LogP contribution in [0.15, 0.2) is 87.6 Å². The number of aromatic amines is 1. The van der Waals surface area contributed by atoms with E-state index in [4.69, 9.17) is 108 Å². The summed E-state index contributed by atoms with van der Waals surface area (Å²) in [6.45, 7) is -8.01. The Kier molecular flexibility index (Phi) is 26.6. The summed E-state index contributed by atoms with van der Waals surface area (Å²) in [5, 5.41) is 81.2. The van der Waals surface area contributed by atoms with E-state index in [1.54, 1.807) is 0 Å². The zero-order chi connectivity index (χ0) is 92.1. The molecule has 0 radical (unpaired) electrons. The molecular formula is C57H74N24O41P6. The van der Waals surface area contributed by atoms with Crippen LogP contribution in [0.1, 0.15) is 37.4 Å². The maximum Gasteiger partial charge on any atom is 0.472 e. The molecule has 6 fully saturated rings. The predicted octanol–water partition coefficient (Wildman–Crippen LogP) is -8.41. The highest BCUT2D eigenvalue weighted by atomic mass is 31.2. The van der Waals surface area contributed by atoms with E-state index in [1.807, 2.05) is 0 Å². The van der Waals surface area contributed by atoms with Gasteiger partial charge in [-0.25, -0.2) is 76.7 Å². The Balaban J connectivity index is 0.657. The van der Waals surface area contributed by atoms with E-state index in [0.717, 1.165) is 82.1 Å². The number of phosphoric acid groups is 6. The highest BCUT2D eigenvalue weighted by molar-refractivity contribution is 7.48. The van der Waals surface area contributed by atoms with Crippen LogP contribution >= 0.6 is 46.9 Å². The van der Waals surface area contributed by atoms with Crippen molar-refractivity contribution in [1.29, 1.82) is 0 Å². The number of aromatic nitrogens is 18. The summed E-state index contributed by atoms with van der Waals surface area (Å²) in [5.74, 6) is -1.89. The summed E-state index contributed by atoms with van der Waals surface area (Å²) in [6, 6.07) is 3.12. The number of ether oxygens (including phenoxy) is 6. The van der Waals surface area contributed by atoms with E-state index >= 15 is 0 Å². The molecule has 6 aliphatic rings. The molecule has 0 aromatic carbocycles. The number of hydrogen-bond donors (Lipinski definition) is 21. The van der Waals surface area contributed by atoms with Gasteiger partial charge in [0, 0.05) is 18.6 Å². The van der Waals surface area contributed by atoms with Crippen LogP contribution in [0.2, 0.25) is 0 Å². The first-order chi connectivity index (χ1) is 60.2. The topological polar surface area (TPSA) is 954 Å². The van der Waals surface area contributed by atoms with Gasteiger partial charge < -0.3 is 133 Å². The third-order valence-corrected chi connectivity index (χ3v) is 25.4. The number of nitrogens with zero attached hydrogens (tertiary/aromatic N) is 17. The Hall–Kier alpha value is -8.97. The first-order valence-electron chi connectivity index (χ1n) is 36.5. The summed E-state index contributed by atoms with van der Waals surface area (Å²) in [4.78, 5) is 173. The van der Waals surface area contributed by atoms with E-state index in [-0.39, 0.29) is 45.6 Å². The van der Waals surface area contributed by atoms with Gasteiger partial charge >= 0.3 is 64.0 Å². The number of fused-ring (bicyclic) bond motifs is 3. The van der Waals surface area contributed by atoms with Crippen molar-refractivity contribution >= 4 is 115 Å². The molecule has 15 heterocycles. The molecule has 0 saturated carbocycles. The van der Waals surface area contributed by atoms with Crippen molar-refractivity contribution in [1.82, 2.24) is 87.2 Å². The molecule has 0 bridgehead atoms. The van der Waals surface area contributed by atoms with E-state index in [2.05, 4.69) is 64.3 Å². The third-order valence-electron chi connectivity index (χ3n) is 20.0. The van der Waals surface area contributed by atoms with Gasteiger partial charge in [-0.3, -0.25) is 86.9 Å². The normalized spacial score (nSPS) is 32.2. The second-order valence-corrected chi connectivity index (χ2v) is 36.6. The predicted molar refractivity (Wildman–Crippen MR) is 408 cm³/mol. The quantitative estimate of drug-likeness (QED) is 0.0167. The highest BCUT2D eigenvalue weighted by Crippen LogP contribution is 2.57. The lowest BCUT2D eigenvalue weighted by Crippen LogP contribution is -2.39. The van der Waals surface area contributed by atoms with E-state index < -0.39 is 279 Å². The Morgan fingerprint density at radius 2 is 0.609 bits per heavy atom. The Morgan fingerprint density at radius 1 is 0.336 bits per heavy atom. The van der Waals surface area contributed by atoms with Crippen molar-refractivity contribution in [2.75, 3.05) is 74.0 Å². The first kappa shape index (κ1) is 93.7. The minimum Gasteiger partial charge on any atom is -0.387 e. The molecule has 15 rings (SSSR count). The summed E-state index contributed by atoms with van der Waals surface area (Å²) in [5.41, 5.74) is 28.9. The molecule has 65 nitrogen and oxygen atoms in total. The van der Waals surface area contributed by atoms with Gasteiger partial charge in [-0.15, -0.1) is 0 Å². The Labute approximate surface area is 707 Å². The van der Waals surface area contributed by atoms with Crippen LogP contribution in [0.3, 0.4) is 0 Å². The molecule has 27 N–H and O–H groups in total. The minimum absolute atomic E-state index is 0.0341. The molecule has 9 aromatic heterocycles. The number of nitrogens with two attached hydrogens (primary N) is 6. The fourth-order valence-corrected chi connectivity index (χ4v) is 19.4. The molecule has 5 unspecified atom stereocenters. The molecule has 6 saturated heterocycles. The minimum atomic E-state index is -6.06. The van der Waals surface area contributed by atoms with Gasteiger partial charge in [0.1, 0.15) is 151 Å². The van der Waals surface area contributed by atoms with Crippen LogP contribution in [0.5, 0.6) is 0 Å². The molecule has 0 amide bonds. The van der Waals surface area contributed by atoms with Crippen LogP contribution in [0, 0.1) is 0 Å². The van der Waals surface area contributed by atoms with E-state index in [0.29, 0.717) is 13.7 Å². The SMILES string of the molecule is Nc1ccn([C@@H]2O[C@H](COP(=O)(O)O)[C@@H](OP(=O)(O)OC[C@H]3O[C@@H](n4cnc5c(N)ncnc54)[C@H](O)[C@@H]3OP(=O)(O)OC[C@H]3O[C@@H](n4ccc(N)nc4=O)[C@H](O)[C@@H]3OP(=O)(O)OC[C@H]3O[C@@H](n4cnc5c(=O)[nH]c(N)nc54)[C@H](O)[C@@H]3OP(=O)(O)OC[C@H]3O[C@@H](n4ccc(N)nc4=O)[C@H](O)[C@@H]3OP(=O)(O)OC[C@H]3O[C@@H](n4cnc5c(N)ncnc54)[C@H](O)[C@@H]3O)[C@H]2O)c(=O)n1. The number of phosphoric ester groups is 6. The summed E-state index contributed by atoms with van der Waals surface area (Å²) >= 11 is 0. The molecule has 0 aliphatic carbocycles. The van der Waals surface area contributed by atoms with Crippen molar-refractivity contribution in [3.05, 3.63) is 110 Å². The van der Waals surface area contributed by atoms with Crippen LogP contribution in [-0.2, 0) is 106 Å². The number of aliphatic hydroxyl groups is 7. The third kappa shape index (κ3) is 19.8. The highest BCUT2D eigenvalue weighted by Gasteiger charge is 2.58. The zero-order valence-electron chi connectivity index (χ0n) is 64.0. The Bertz CT molecular complexity index is 6210. The summed E-state index contributed by atoms with van der Waals surface area (Å²) < 4.78 is 180. The largest absolute Gasteiger partial charge is 0.472 e. The van der Waals surface area contributed by atoms with Gasteiger partial charge in [0.25, 0.3) is 5.56 Å². The van der Waals surface area contributed by atoms with Gasteiger partial charge in [0.05, 0.1) is 58.6 Å². The molecule has 128 heavy (non-hydrogen) atoms. The van der Waals surface area contributed by atoms with Crippen LogP contribution in [0.4, 0.5) is 35.0 Å². The smallest absolute Gasteiger partial charge is 0.387 e.